The van der Waals surface area contributed by atoms with Gasteiger partial charge in [-0.3, -0.25) is 0 Å². The van der Waals surface area contributed by atoms with Crippen molar-refractivity contribution in [2.75, 3.05) is 0 Å². The number of carbonyl (C=O) groups is 1. The van der Waals surface area contributed by atoms with E-state index in [-0.39, 0.29) is 29.6 Å². The Kier molecular flexibility index (Phi) is 6.36. The molecule has 0 saturated heterocycles. The smallest absolute Gasteiger partial charge is 0.545 e. The monoisotopic (exact) mass is 262 g/mol. The molecule has 1 aromatic carbocycles. The molecule has 0 atom stereocenters. The van der Waals surface area contributed by atoms with Gasteiger partial charge in [0.25, 0.3) is 0 Å². The van der Waals surface area contributed by atoms with Crippen molar-refractivity contribution in [1.29, 1.82) is 0 Å². The molecule has 0 heterocycles. The number of rotatable bonds is 2. The molecule has 0 aliphatic heterocycles. The summed E-state index contributed by atoms with van der Waals surface area (Å²) in [5.74, 6) is -1.17. The van der Waals surface area contributed by atoms with Gasteiger partial charge < -0.3 is 9.90 Å². The summed E-state index contributed by atoms with van der Waals surface area (Å²) < 4.78 is 0.970. The fourth-order valence-electron chi connectivity index (χ4n) is 0.973. The van der Waals surface area contributed by atoms with Crippen LogP contribution in [0.1, 0.15) is 12.5 Å². The summed E-state index contributed by atoms with van der Waals surface area (Å²) in [7, 11) is 0. The number of carboxylic acids is 1. The molecule has 0 aliphatic rings. The van der Waals surface area contributed by atoms with E-state index in [2.05, 4.69) is 15.9 Å². The van der Waals surface area contributed by atoms with E-state index < -0.39 is 5.97 Å². The van der Waals surface area contributed by atoms with Crippen LogP contribution in [0.15, 0.2) is 34.8 Å². The molecule has 0 aliphatic carbocycles. The van der Waals surface area contributed by atoms with Gasteiger partial charge in [-0.1, -0.05) is 28.1 Å². The van der Waals surface area contributed by atoms with Crippen molar-refractivity contribution in [3.05, 3.63) is 40.4 Å². The van der Waals surface area contributed by atoms with Gasteiger partial charge in [-0.2, -0.15) is 0 Å². The molecule has 0 saturated carbocycles. The van der Waals surface area contributed by atoms with Crippen LogP contribution in [-0.4, -0.2) is 5.97 Å². The number of carbonyl (C=O) groups excluding carboxylic acids is 1. The molecule has 1 aromatic rings. The normalized spacial score (nSPS) is 10.6. The number of carboxylic acid groups (broad SMARTS) is 1. The first-order valence-electron chi connectivity index (χ1n) is 3.75. The van der Waals surface area contributed by atoms with Gasteiger partial charge in [-0.15, -0.1) is 0 Å². The Morgan fingerprint density at radius 1 is 1.36 bits per heavy atom. The van der Waals surface area contributed by atoms with Crippen LogP contribution in [0.2, 0.25) is 0 Å². The van der Waals surface area contributed by atoms with Gasteiger partial charge in [0.15, 0.2) is 0 Å². The van der Waals surface area contributed by atoms with Crippen molar-refractivity contribution in [3.8, 4) is 0 Å². The molecule has 0 bridgehead atoms. The molecular weight excluding hydrogens is 255 g/mol. The minimum absolute atomic E-state index is 0. The molecule has 1 rings (SSSR count). The third kappa shape index (κ3) is 4.42. The molecule has 0 spiro atoms. The molecule has 0 unspecified atom stereocenters. The van der Waals surface area contributed by atoms with Gasteiger partial charge in [-0.25, -0.2) is 0 Å². The van der Waals surface area contributed by atoms with Crippen molar-refractivity contribution in [1.82, 2.24) is 0 Å². The van der Waals surface area contributed by atoms with E-state index in [0.717, 1.165) is 16.1 Å². The van der Waals surface area contributed by atoms with Crippen molar-refractivity contribution in [2.24, 2.45) is 0 Å². The first kappa shape index (κ1) is 13.9. The summed E-state index contributed by atoms with van der Waals surface area (Å²) in [5, 5.41) is 10.3. The Bertz CT molecular complexity index is 344. The van der Waals surface area contributed by atoms with Crippen LogP contribution in [0.25, 0.3) is 5.57 Å². The Morgan fingerprint density at radius 2 is 1.86 bits per heavy atom. The van der Waals surface area contributed by atoms with E-state index in [0.29, 0.717) is 5.57 Å². The van der Waals surface area contributed by atoms with E-state index >= 15 is 0 Å². The van der Waals surface area contributed by atoms with E-state index in [1.165, 1.54) is 0 Å². The second kappa shape index (κ2) is 6.40. The van der Waals surface area contributed by atoms with Crippen LogP contribution in [0.5, 0.6) is 0 Å². The second-order valence-corrected chi connectivity index (χ2v) is 3.57. The van der Waals surface area contributed by atoms with Crippen LogP contribution < -0.4 is 34.7 Å². The zero-order chi connectivity index (χ0) is 9.84. The van der Waals surface area contributed by atoms with Crippen molar-refractivity contribution >= 4 is 27.5 Å². The molecule has 0 aromatic heterocycles. The minimum atomic E-state index is -1.17. The Balaban J connectivity index is 0.00000169. The van der Waals surface area contributed by atoms with E-state index in [4.69, 9.17) is 0 Å². The molecule has 0 N–H and O–H groups in total. The largest absolute Gasteiger partial charge is 1.00 e. The third-order valence-electron chi connectivity index (χ3n) is 1.63. The summed E-state index contributed by atoms with van der Waals surface area (Å²) >= 11 is 3.30. The summed E-state index contributed by atoms with van der Waals surface area (Å²) in [6.45, 7) is 1.74. The maximum atomic E-state index is 10.3. The summed E-state index contributed by atoms with van der Waals surface area (Å²) in [5.41, 5.74) is 1.57. The van der Waals surface area contributed by atoms with Crippen LogP contribution >= 0.6 is 15.9 Å². The van der Waals surface area contributed by atoms with Crippen molar-refractivity contribution < 1.29 is 39.5 Å². The van der Waals surface area contributed by atoms with E-state index in [1.807, 2.05) is 24.3 Å². The molecule has 4 heteroatoms. The maximum Gasteiger partial charge on any atom is 1.00 e. The topological polar surface area (TPSA) is 40.1 Å². The predicted molar refractivity (Wildman–Crippen MR) is 52.8 cm³/mol. The first-order valence-corrected chi connectivity index (χ1v) is 4.54. The second-order valence-electron chi connectivity index (χ2n) is 2.65. The van der Waals surface area contributed by atoms with E-state index in [1.54, 1.807) is 6.92 Å². The van der Waals surface area contributed by atoms with Crippen LogP contribution in [0.3, 0.4) is 0 Å². The molecular formula is C10H8BrNaO2. The van der Waals surface area contributed by atoms with Crippen molar-refractivity contribution in [2.45, 2.75) is 6.92 Å². The first-order chi connectivity index (χ1) is 6.09. The van der Waals surface area contributed by atoms with Gasteiger partial charge in [0.2, 0.25) is 0 Å². The number of allylic oxidation sites excluding steroid dienone is 1. The molecule has 2 nitrogen and oxygen atoms in total. The average molecular weight is 263 g/mol. The van der Waals surface area contributed by atoms with Gasteiger partial charge >= 0.3 is 29.6 Å². The maximum absolute atomic E-state index is 10.3. The summed E-state index contributed by atoms with van der Waals surface area (Å²) in [6, 6.07) is 7.42. The number of hydrogen-bond acceptors (Lipinski definition) is 2. The predicted octanol–water partition coefficient (Wildman–Crippen LogP) is -1.39. The summed E-state index contributed by atoms with van der Waals surface area (Å²) in [4.78, 5) is 10.3. The van der Waals surface area contributed by atoms with Gasteiger partial charge in [0.1, 0.15) is 0 Å². The standard InChI is InChI=1S/C10H9BrO2.Na/c1-7(6-10(12)13)8-2-4-9(11)5-3-8;/h2-6H,1H3,(H,12,13);/q;+1/p-1. The fraction of sp³-hybridized carbons (Fsp3) is 0.100. The molecule has 0 fully saturated rings. The third-order valence-corrected chi connectivity index (χ3v) is 2.16. The van der Waals surface area contributed by atoms with Gasteiger partial charge in [0, 0.05) is 4.47 Å². The fourth-order valence-corrected chi connectivity index (χ4v) is 1.24. The Hall–Kier alpha value is -0.0900. The number of benzene rings is 1. The van der Waals surface area contributed by atoms with Gasteiger partial charge in [-0.05, 0) is 36.3 Å². The molecule has 68 valence electrons. The van der Waals surface area contributed by atoms with Crippen molar-refractivity contribution in [3.63, 3.8) is 0 Å². The zero-order valence-electron chi connectivity index (χ0n) is 8.08. The number of hydrogen-bond donors (Lipinski definition) is 0. The van der Waals surface area contributed by atoms with Crippen LogP contribution in [0.4, 0.5) is 0 Å². The SMILES string of the molecule is CC(=CC(=O)[O-])c1ccc(Br)cc1.[Na+]. The van der Waals surface area contributed by atoms with Crippen LogP contribution in [0, 0.1) is 0 Å². The average Bonchev–Trinajstić information content (AvgIpc) is 2.04. The summed E-state index contributed by atoms with van der Waals surface area (Å²) in [6.07, 6.45) is 1.09. The minimum Gasteiger partial charge on any atom is -0.545 e. The zero-order valence-corrected chi connectivity index (χ0v) is 11.7. The molecule has 14 heavy (non-hydrogen) atoms. The molecule has 0 amide bonds. The van der Waals surface area contributed by atoms with Crippen LogP contribution in [-0.2, 0) is 4.79 Å². The molecule has 0 radical (unpaired) electrons. The Morgan fingerprint density at radius 3 is 2.29 bits per heavy atom. The van der Waals surface area contributed by atoms with E-state index in [9.17, 15) is 9.90 Å². The number of aliphatic carboxylic acids is 1. The number of halogens is 1. The van der Waals surface area contributed by atoms with Gasteiger partial charge in [0.05, 0.1) is 5.97 Å². The Labute approximate surface area is 113 Å². The quantitative estimate of drug-likeness (QED) is 0.486.